The third-order valence-corrected chi connectivity index (χ3v) is 5.57. The van der Waals surface area contributed by atoms with Crippen LogP contribution >= 0.6 is 11.6 Å². The average Bonchev–Trinajstić information content (AvgIpc) is 3.10. The number of piperidine rings is 1. The topological polar surface area (TPSA) is 45.3 Å². The Hall–Kier alpha value is -1.50. The zero-order chi connectivity index (χ0) is 17.3. The molecule has 0 N–H and O–H groups in total. The van der Waals surface area contributed by atoms with E-state index in [0.29, 0.717) is 26.3 Å². The molecule has 4 rings (SSSR count). The van der Waals surface area contributed by atoms with Crippen LogP contribution < -0.4 is 4.90 Å². The molecule has 7 heteroatoms. The molecule has 0 saturated carbocycles. The molecule has 6 nitrogen and oxygen atoms in total. The number of halogens is 1. The minimum Gasteiger partial charge on any atom is -0.368 e. The molecule has 25 heavy (non-hydrogen) atoms. The van der Waals surface area contributed by atoms with E-state index in [9.17, 15) is 4.79 Å². The fourth-order valence-electron chi connectivity index (χ4n) is 3.85. The van der Waals surface area contributed by atoms with E-state index in [-0.39, 0.29) is 6.03 Å². The van der Waals surface area contributed by atoms with Crippen LogP contribution in [0.15, 0.2) is 24.3 Å². The van der Waals surface area contributed by atoms with Gasteiger partial charge in [0.15, 0.2) is 5.79 Å². The van der Waals surface area contributed by atoms with E-state index < -0.39 is 5.79 Å². The minimum absolute atomic E-state index is 0.138. The molecule has 1 aromatic carbocycles. The Labute approximate surface area is 153 Å². The smallest absolute Gasteiger partial charge is 0.320 e. The number of hydrogen-bond acceptors (Lipinski definition) is 4. The summed E-state index contributed by atoms with van der Waals surface area (Å²) in [5.41, 5.74) is 1.12. The molecular weight excluding hydrogens is 342 g/mol. The number of amides is 2. The van der Waals surface area contributed by atoms with E-state index >= 15 is 0 Å². The second-order valence-electron chi connectivity index (χ2n) is 6.83. The highest BCUT2D eigenvalue weighted by atomic mass is 35.5. The van der Waals surface area contributed by atoms with E-state index in [1.807, 2.05) is 28.0 Å². The van der Waals surface area contributed by atoms with Crippen molar-refractivity contribution >= 4 is 23.3 Å². The number of benzene rings is 1. The molecule has 3 aliphatic heterocycles. The maximum Gasteiger partial charge on any atom is 0.320 e. The van der Waals surface area contributed by atoms with Gasteiger partial charge in [-0.25, -0.2) is 4.79 Å². The molecule has 0 bridgehead atoms. The highest BCUT2D eigenvalue weighted by Crippen LogP contribution is 2.31. The maximum atomic E-state index is 12.8. The fourth-order valence-corrected chi connectivity index (χ4v) is 4.04. The first-order valence-corrected chi connectivity index (χ1v) is 9.35. The Kier molecular flexibility index (Phi) is 4.75. The Morgan fingerprint density at radius 3 is 2.24 bits per heavy atom. The summed E-state index contributed by atoms with van der Waals surface area (Å²) in [6.07, 6.45) is 1.53. The molecular formula is C18H24ClN3O3. The van der Waals surface area contributed by atoms with E-state index in [0.717, 1.165) is 49.7 Å². The van der Waals surface area contributed by atoms with Crippen LogP contribution in [0, 0.1) is 0 Å². The normalized spacial score (nSPS) is 23.3. The van der Waals surface area contributed by atoms with Crippen molar-refractivity contribution < 1.29 is 14.3 Å². The van der Waals surface area contributed by atoms with Gasteiger partial charge in [0.2, 0.25) is 0 Å². The Balaban J connectivity index is 1.30. The van der Waals surface area contributed by atoms with Crippen molar-refractivity contribution in [3.8, 4) is 0 Å². The summed E-state index contributed by atoms with van der Waals surface area (Å²) in [6, 6.07) is 8.02. The molecule has 3 fully saturated rings. The van der Waals surface area contributed by atoms with Gasteiger partial charge in [-0.2, -0.15) is 0 Å². The molecule has 0 aliphatic carbocycles. The van der Waals surface area contributed by atoms with Gasteiger partial charge in [0.05, 0.1) is 13.2 Å². The van der Waals surface area contributed by atoms with Gasteiger partial charge in [0.25, 0.3) is 0 Å². The van der Waals surface area contributed by atoms with E-state index in [1.165, 1.54) is 0 Å². The lowest BCUT2D eigenvalue weighted by atomic mass is 10.0. The van der Waals surface area contributed by atoms with E-state index in [1.54, 1.807) is 0 Å². The minimum atomic E-state index is -0.429. The van der Waals surface area contributed by atoms with Crippen molar-refractivity contribution in [2.24, 2.45) is 0 Å². The van der Waals surface area contributed by atoms with Crippen LogP contribution in [-0.2, 0) is 9.47 Å². The molecule has 1 aromatic rings. The Bertz CT molecular complexity index is 618. The number of piperazine rings is 1. The summed E-state index contributed by atoms with van der Waals surface area (Å²) in [5, 5.41) is 0.745. The van der Waals surface area contributed by atoms with Crippen molar-refractivity contribution in [2.45, 2.75) is 18.6 Å². The van der Waals surface area contributed by atoms with Crippen LogP contribution in [0.1, 0.15) is 12.8 Å². The van der Waals surface area contributed by atoms with Gasteiger partial charge in [-0.05, 0) is 18.2 Å². The second kappa shape index (κ2) is 7.02. The number of rotatable bonds is 1. The molecule has 3 aliphatic rings. The van der Waals surface area contributed by atoms with Crippen LogP contribution in [-0.4, -0.2) is 74.1 Å². The first kappa shape index (κ1) is 16.9. The van der Waals surface area contributed by atoms with Gasteiger partial charge >= 0.3 is 6.03 Å². The number of anilines is 1. The van der Waals surface area contributed by atoms with Gasteiger partial charge in [-0.15, -0.1) is 0 Å². The Morgan fingerprint density at radius 1 is 0.960 bits per heavy atom. The highest BCUT2D eigenvalue weighted by molar-refractivity contribution is 6.30. The Morgan fingerprint density at radius 2 is 1.60 bits per heavy atom. The van der Waals surface area contributed by atoms with Gasteiger partial charge in [-0.1, -0.05) is 17.7 Å². The number of likely N-dealkylation sites (tertiary alicyclic amines) is 1. The molecule has 0 radical (unpaired) electrons. The van der Waals surface area contributed by atoms with E-state index in [4.69, 9.17) is 21.1 Å². The molecule has 3 heterocycles. The molecule has 2 amide bonds. The van der Waals surface area contributed by atoms with Crippen molar-refractivity contribution in [3.05, 3.63) is 29.3 Å². The lowest BCUT2D eigenvalue weighted by Crippen LogP contribution is -2.56. The van der Waals surface area contributed by atoms with Crippen LogP contribution in [0.5, 0.6) is 0 Å². The summed E-state index contributed by atoms with van der Waals surface area (Å²) in [6.45, 7) is 5.87. The summed E-state index contributed by atoms with van der Waals surface area (Å²) in [4.78, 5) is 19.0. The summed E-state index contributed by atoms with van der Waals surface area (Å²) in [7, 11) is 0. The predicted molar refractivity (Wildman–Crippen MR) is 96.1 cm³/mol. The van der Waals surface area contributed by atoms with Gasteiger partial charge in [0.1, 0.15) is 0 Å². The quantitative estimate of drug-likeness (QED) is 0.766. The largest absolute Gasteiger partial charge is 0.368 e. The first-order chi connectivity index (χ1) is 12.2. The summed E-state index contributed by atoms with van der Waals surface area (Å²) >= 11 is 6.08. The summed E-state index contributed by atoms with van der Waals surface area (Å²) in [5.74, 6) is -0.429. The van der Waals surface area contributed by atoms with Crippen molar-refractivity contribution in [3.63, 3.8) is 0 Å². The molecule has 0 atom stereocenters. The van der Waals surface area contributed by atoms with Crippen molar-refractivity contribution in [1.82, 2.24) is 9.80 Å². The lowest BCUT2D eigenvalue weighted by molar-refractivity contribution is -0.181. The molecule has 3 saturated heterocycles. The van der Waals surface area contributed by atoms with Crippen molar-refractivity contribution in [2.75, 3.05) is 57.4 Å². The highest BCUT2D eigenvalue weighted by Gasteiger charge is 2.41. The number of nitrogens with zero attached hydrogens (tertiary/aromatic N) is 3. The predicted octanol–water partition coefficient (Wildman–Crippen LogP) is 2.42. The number of hydrogen-bond donors (Lipinski definition) is 0. The molecule has 0 unspecified atom stereocenters. The molecule has 136 valence electrons. The molecule has 0 aromatic heterocycles. The maximum absolute atomic E-state index is 12.8. The standard InChI is InChI=1S/C18H24ClN3O3/c19-15-2-1-3-16(14-15)20-8-10-22(11-9-20)17(23)21-6-4-18(5-7-21)24-12-13-25-18/h1-3,14H,4-13H2. The van der Waals surface area contributed by atoms with Gasteiger partial charge in [0, 0.05) is 62.8 Å². The average molecular weight is 366 g/mol. The number of carbonyl (C=O) groups is 1. The second-order valence-corrected chi connectivity index (χ2v) is 7.27. The fraction of sp³-hybridized carbons (Fsp3) is 0.611. The number of ether oxygens (including phenoxy) is 2. The van der Waals surface area contributed by atoms with Crippen molar-refractivity contribution in [1.29, 1.82) is 0 Å². The number of urea groups is 1. The van der Waals surface area contributed by atoms with Crippen LogP contribution in [0.25, 0.3) is 0 Å². The third-order valence-electron chi connectivity index (χ3n) is 5.33. The van der Waals surface area contributed by atoms with E-state index in [2.05, 4.69) is 11.0 Å². The van der Waals surface area contributed by atoms with Crippen LogP contribution in [0.3, 0.4) is 0 Å². The lowest BCUT2D eigenvalue weighted by Gasteiger charge is -2.42. The SMILES string of the molecule is O=C(N1CCN(c2cccc(Cl)c2)CC1)N1CCC2(CC1)OCCO2. The van der Waals surface area contributed by atoms with Crippen LogP contribution in [0.4, 0.5) is 10.5 Å². The zero-order valence-electron chi connectivity index (χ0n) is 14.3. The summed E-state index contributed by atoms with van der Waals surface area (Å²) < 4.78 is 11.5. The number of carbonyl (C=O) groups excluding carboxylic acids is 1. The first-order valence-electron chi connectivity index (χ1n) is 8.98. The zero-order valence-corrected chi connectivity index (χ0v) is 15.1. The van der Waals surface area contributed by atoms with Crippen LogP contribution in [0.2, 0.25) is 5.02 Å². The van der Waals surface area contributed by atoms with Gasteiger partial charge in [-0.3, -0.25) is 0 Å². The van der Waals surface area contributed by atoms with Gasteiger partial charge < -0.3 is 24.2 Å². The third kappa shape index (κ3) is 3.57. The monoisotopic (exact) mass is 365 g/mol. The molecule has 1 spiro atoms.